The van der Waals surface area contributed by atoms with Gasteiger partial charge in [0.05, 0.1) is 15.6 Å². The summed E-state index contributed by atoms with van der Waals surface area (Å²) >= 11 is 5.87. The summed E-state index contributed by atoms with van der Waals surface area (Å²) in [5, 5.41) is 9.07. The Morgan fingerprint density at radius 3 is 2.60 bits per heavy atom. The molecule has 2 aromatic rings. The normalized spacial score (nSPS) is 11.3. The standard InChI is InChI=1S/C11H10ClN3O4S/c12-8-6-7(3-4-9(8)14-13)20(18,19)15-5-1-2-10(15)11(16)17/h1-6,14H,13H2,(H,16,17). The minimum absolute atomic E-state index is 0.109. The average Bonchev–Trinajstić information content (AvgIpc) is 2.88. The number of nitrogens with zero attached hydrogens (tertiary/aromatic N) is 1. The molecule has 7 nitrogen and oxygen atoms in total. The number of hydrazine groups is 1. The van der Waals surface area contributed by atoms with Gasteiger partial charge in [0.1, 0.15) is 5.69 Å². The van der Waals surface area contributed by atoms with Crippen molar-refractivity contribution in [2.45, 2.75) is 4.90 Å². The Hall–Kier alpha value is -2.03. The molecule has 1 heterocycles. The van der Waals surface area contributed by atoms with Crippen LogP contribution in [0.1, 0.15) is 10.5 Å². The van der Waals surface area contributed by atoms with Gasteiger partial charge in [-0.15, -0.1) is 0 Å². The second kappa shape index (κ2) is 5.16. The van der Waals surface area contributed by atoms with Gasteiger partial charge in [0.2, 0.25) is 0 Å². The van der Waals surface area contributed by atoms with Crippen LogP contribution < -0.4 is 11.3 Å². The molecule has 9 heteroatoms. The molecule has 0 fully saturated rings. The number of halogens is 1. The van der Waals surface area contributed by atoms with Crippen LogP contribution in [0, 0.1) is 0 Å². The number of aromatic nitrogens is 1. The number of carboxylic acids is 1. The van der Waals surface area contributed by atoms with Crippen molar-refractivity contribution in [1.82, 2.24) is 3.97 Å². The van der Waals surface area contributed by atoms with Crippen LogP contribution >= 0.6 is 11.6 Å². The van der Waals surface area contributed by atoms with Crippen molar-refractivity contribution >= 4 is 33.3 Å². The topological polar surface area (TPSA) is 114 Å². The Labute approximate surface area is 119 Å². The van der Waals surface area contributed by atoms with Crippen molar-refractivity contribution in [3.05, 3.63) is 47.2 Å². The van der Waals surface area contributed by atoms with Crippen molar-refractivity contribution < 1.29 is 18.3 Å². The highest BCUT2D eigenvalue weighted by atomic mass is 35.5. The van der Waals surface area contributed by atoms with E-state index in [9.17, 15) is 13.2 Å². The third-order valence-corrected chi connectivity index (χ3v) is 4.58. The molecule has 1 aromatic heterocycles. The summed E-state index contributed by atoms with van der Waals surface area (Å²) in [6, 6.07) is 6.38. The molecule has 4 N–H and O–H groups in total. The molecule has 0 saturated heterocycles. The molecule has 0 unspecified atom stereocenters. The number of hydrogen-bond acceptors (Lipinski definition) is 5. The van der Waals surface area contributed by atoms with E-state index >= 15 is 0 Å². The van der Waals surface area contributed by atoms with Gasteiger partial charge in [-0.3, -0.25) is 5.84 Å². The van der Waals surface area contributed by atoms with Gasteiger partial charge in [0.25, 0.3) is 10.0 Å². The lowest BCUT2D eigenvalue weighted by Crippen LogP contribution is -2.17. The lowest BCUT2D eigenvalue weighted by atomic mass is 10.3. The van der Waals surface area contributed by atoms with E-state index in [1.165, 1.54) is 30.3 Å². The molecule has 0 saturated carbocycles. The third kappa shape index (κ3) is 2.36. The highest BCUT2D eigenvalue weighted by Crippen LogP contribution is 2.26. The highest BCUT2D eigenvalue weighted by Gasteiger charge is 2.23. The van der Waals surface area contributed by atoms with Gasteiger partial charge in [0.15, 0.2) is 0 Å². The van der Waals surface area contributed by atoms with Crippen LogP contribution in [0.3, 0.4) is 0 Å². The number of nitrogens with two attached hydrogens (primary N) is 1. The molecule has 0 bridgehead atoms. The molecular formula is C11H10ClN3O4S. The zero-order valence-corrected chi connectivity index (χ0v) is 11.5. The number of hydrogen-bond donors (Lipinski definition) is 3. The van der Waals surface area contributed by atoms with E-state index in [2.05, 4.69) is 5.43 Å². The van der Waals surface area contributed by atoms with E-state index in [0.717, 1.165) is 6.20 Å². The summed E-state index contributed by atoms with van der Waals surface area (Å²) in [6.07, 6.45) is 1.15. The number of aromatic carboxylic acids is 1. The van der Waals surface area contributed by atoms with Gasteiger partial charge in [-0.05, 0) is 30.3 Å². The van der Waals surface area contributed by atoms with Gasteiger partial charge >= 0.3 is 5.97 Å². The SMILES string of the molecule is NNc1ccc(S(=O)(=O)n2cccc2C(=O)O)cc1Cl. The van der Waals surface area contributed by atoms with Gasteiger partial charge < -0.3 is 10.5 Å². The van der Waals surface area contributed by atoms with Crippen molar-refractivity contribution in [2.75, 3.05) is 5.43 Å². The van der Waals surface area contributed by atoms with Gasteiger partial charge in [-0.25, -0.2) is 17.2 Å². The lowest BCUT2D eigenvalue weighted by Gasteiger charge is -2.10. The number of anilines is 1. The summed E-state index contributed by atoms with van der Waals surface area (Å²) in [5.41, 5.74) is 2.31. The fourth-order valence-corrected chi connectivity index (χ4v) is 3.29. The van der Waals surface area contributed by atoms with Crippen molar-refractivity contribution in [3.63, 3.8) is 0 Å². The third-order valence-electron chi connectivity index (χ3n) is 2.58. The number of nitrogens with one attached hydrogen (secondary N) is 1. The fourth-order valence-electron chi connectivity index (χ4n) is 1.63. The highest BCUT2D eigenvalue weighted by molar-refractivity contribution is 7.90. The molecule has 20 heavy (non-hydrogen) atoms. The maximum atomic E-state index is 12.4. The van der Waals surface area contributed by atoms with E-state index in [4.69, 9.17) is 22.6 Å². The van der Waals surface area contributed by atoms with Crippen LogP contribution in [0.25, 0.3) is 0 Å². The zero-order chi connectivity index (χ0) is 14.9. The van der Waals surface area contributed by atoms with Gasteiger partial charge in [-0.2, -0.15) is 0 Å². The molecule has 0 aliphatic rings. The van der Waals surface area contributed by atoms with Crippen molar-refractivity contribution in [3.8, 4) is 0 Å². The van der Waals surface area contributed by atoms with Crippen molar-refractivity contribution in [1.29, 1.82) is 0 Å². The smallest absolute Gasteiger partial charge is 0.353 e. The van der Waals surface area contributed by atoms with E-state index in [0.29, 0.717) is 9.66 Å². The van der Waals surface area contributed by atoms with Crippen LogP contribution in [0.15, 0.2) is 41.4 Å². The quantitative estimate of drug-likeness (QED) is 0.580. The van der Waals surface area contributed by atoms with Crippen LogP contribution in [-0.2, 0) is 10.0 Å². The lowest BCUT2D eigenvalue weighted by molar-refractivity contribution is 0.0689. The molecule has 0 radical (unpaired) electrons. The van der Waals surface area contributed by atoms with Crippen LogP contribution in [0.4, 0.5) is 5.69 Å². The summed E-state index contributed by atoms with van der Waals surface area (Å²) < 4.78 is 25.4. The summed E-state index contributed by atoms with van der Waals surface area (Å²) in [4.78, 5) is 10.9. The zero-order valence-electron chi connectivity index (χ0n) is 9.95. The molecule has 0 aliphatic heterocycles. The Bertz CT molecular complexity index is 770. The Balaban J connectivity index is 2.58. The molecule has 0 aliphatic carbocycles. The molecule has 2 rings (SSSR count). The molecule has 0 amide bonds. The Kier molecular flexibility index (Phi) is 3.71. The van der Waals surface area contributed by atoms with E-state index in [1.54, 1.807) is 0 Å². The molecule has 1 aromatic carbocycles. The minimum atomic E-state index is -4.04. The second-order valence-electron chi connectivity index (χ2n) is 3.79. The summed E-state index contributed by atoms with van der Waals surface area (Å²) in [7, 11) is -4.04. The fraction of sp³-hybridized carbons (Fsp3) is 0. The van der Waals surface area contributed by atoms with Crippen LogP contribution in [0.5, 0.6) is 0 Å². The average molecular weight is 316 g/mol. The number of rotatable bonds is 4. The first-order chi connectivity index (χ1) is 9.37. The number of carboxylic acid groups (broad SMARTS) is 1. The first-order valence-electron chi connectivity index (χ1n) is 5.30. The van der Waals surface area contributed by atoms with Crippen LogP contribution in [-0.4, -0.2) is 23.5 Å². The largest absolute Gasteiger partial charge is 0.477 e. The predicted molar refractivity (Wildman–Crippen MR) is 73.2 cm³/mol. The van der Waals surface area contributed by atoms with Crippen LogP contribution in [0.2, 0.25) is 5.02 Å². The maximum Gasteiger partial charge on any atom is 0.353 e. The predicted octanol–water partition coefficient (Wildman–Crippen LogP) is 1.36. The summed E-state index contributed by atoms with van der Waals surface area (Å²) in [5.74, 6) is 3.86. The number of nitrogen functional groups attached to an aromatic ring is 1. The molecule has 0 atom stereocenters. The summed E-state index contributed by atoms with van der Waals surface area (Å²) in [6.45, 7) is 0. The monoisotopic (exact) mass is 315 g/mol. The van der Waals surface area contributed by atoms with E-state index < -0.39 is 16.0 Å². The minimum Gasteiger partial charge on any atom is -0.477 e. The number of benzene rings is 1. The molecule has 106 valence electrons. The molecule has 0 spiro atoms. The maximum absolute atomic E-state index is 12.4. The van der Waals surface area contributed by atoms with Gasteiger partial charge in [0, 0.05) is 6.20 Å². The number of carbonyl (C=O) groups is 1. The second-order valence-corrected chi connectivity index (χ2v) is 6.01. The van der Waals surface area contributed by atoms with E-state index in [-0.39, 0.29) is 15.6 Å². The Morgan fingerprint density at radius 2 is 2.05 bits per heavy atom. The van der Waals surface area contributed by atoms with Gasteiger partial charge in [-0.1, -0.05) is 11.6 Å². The molecular weight excluding hydrogens is 306 g/mol. The first-order valence-corrected chi connectivity index (χ1v) is 7.12. The Morgan fingerprint density at radius 1 is 1.35 bits per heavy atom. The van der Waals surface area contributed by atoms with E-state index in [1.807, 2.05) is 0 Å². The van der Waals surface area contributed by atoms with Crippen molar-refractivity contribution in [2.24, 2.45) is 5.84 Å². The first kappa shape index (κ1) is 14.4.